The lowest BCUT2D eigenvalue weighted by atomic mass is 10.4. The average Bonchev–Trinajstić information content (AvgIpc) is 2.82. The van der Waals surface area contributed by atoms with Crippen LogP contribution in [0.15, 0.2) is 24.3 Å². The van der Waals surface area contributed by atoms with E-state index in [-0.39, 0.29) is 6.23 Å². The third kappa shape index (κ3) is 13.8. The van der Waals surface area contributed by atoms with Crippen molar-refractivity contribution in [2.24, 2.45) is 0 Å². The summed E-state index contributed by atoms with van der Waals surface area (Å²) in [5, 5.41) is 0. The lowest BCUT2D eigenvalue weighted by molar-refractivity contribution is -0.144. The van der Waals surface area contributed by atoms with Gasteiger partial charge in [0.2, 0.25) is 0 Å². The molecule has 0 heterocycles. The largest absolute Gasteiger partial charge is 0.544 e. The molecule has 1 atom stereocenters. The van der Waals surface area contributed by atoms with E-state index < -0.39 is 35.3 Å². The molecule has 0 aromatic heterocycles. The fourth-order valence-corrected chi connectivity index (χ4v) is 7.72. The summed E-state index contributed by atoms with van der Waals surface area (Å²) in [5.74, 6) is -0.899. The molecule has 0 aromatic carbocycles. The van der Waals surface area contributed by atoms with Crippen LogP contribution in [0.3, 0.4) is 0 Å². The van der Waals surface area contributed by atoms with E-state index >= 15 is 0 Å². The lowest BCUT2D eigenvalue weighted by Crippen LogP contribution is -2.58. The zero-order chi connectivity index (χ0) is 28.2. The molecule has 1 unspecified atom stereocenters. The second kappa shape index (κ2) is 20.6. The Morgan fingerprint density at radius 1 is 0.639 bits per heavy atom. The summed E-state index contributed by atoms with van der Waals surface area (Å²) >= 11 is 0. The first-order chi connectivity index (χ1) is 17.0. The van der Waals surface area contributed by atoms with Crippen molar-refractivity contribution in [2.45, 2.75) is 74.5 Å². The van der Waals surface area contributed by atoms with Gasteiger partial charge in [0.15, 0.2) is 12.0 Å². The van der Waals surface area contributed by atoms with Crippen LogP contribution in [0.4, 0.5) is 0 Å². The number of hydrogen-bond acceptors (Lipinski definition) is 10. The van der Waals surface area contributed by atoms with Crippen molar-refractivity contribution in [1.29, 1.82) is 0 Å². The number of carbonyl (C=O) groups excluding carboxylic acids is 2. The molecule has 0 N–H and O–H groups in total. The molecule has 10 nitrogen and oxygen atoms in total. The van der Waals surface area contributed by atoms with Gasteiger partial charge in [0, 0.05) is 50.8 Å². The van der Waals surface area contributed by atoms with E-state index in [2.05, 4.69) is 13.2 Å². The maximum absolute atomic E-state index is 11.7. The summed E-state index contributed by atoms with van der Waals surface area (Å²) in [5.41, 5.74) is 0.194. The lowest BCUT2D eigenvalue weighted by Gasteiger charge is -2.34. The molecule has 36 heavy (non-hydrogen) atoms. The zero-order valence-corrected chi connectivity index (χ0v) is 25.7. The molecule has 0 bridgehead atoms. The molecule has 212 valence electrons. The number of carbonyl (C=O) groups is 2. The van der Waals surface area contributed by atoms with Crippen molar-refractivity contribution in [3.05, 3.63) is 24.3 Å². The number of hydrogen-bond donors (Lipinski definition) is 0. The molecule has 0 aliphatic heterocycles. The van der Waals surface area contributed by atoms with Crippen LogP contribution in [-0.2, 0) is 45.6 Å². The Hall–Kier alpha value is -1.39. The highest BCUT2D eigenvalue weighted by Gasteiger charge is 2.51. The van der Waals surface area contributed by atoms with Gasteiger partial charge in [-0.05, 0) is 61.8 Å². The zero-order valence-electron chi connectivity index (χ0n) is 23.7. The Labute approximate surface area is 219 Å². The first kappa shape index (κ1) is 36.8. The van der Waals surface area contributed by atoms with E-state index in [1.807, 2.05) is 48.5 Å². The third-order valence-electron chi connectivity index (χ3n) is 4.22. The molecule has 0 saturated carbocycles. The van der Waals surface area contributed by atoms with E-state index in [1.165, 1.54) is 0 Å². The average molecular weight is 553 g/mol. The Morgan fingerprint density at radius 2 is 1.00 bits per heavy atom. The fraction of sp³-hybridized carbons (Fsp3) is 0.750. The smallest absolute Gasteiger partial charge is 0.458 e. The van der Waals surface area contributed by atoms with Crippen molar-refractivity contribution in [3.63, 3.8) is 0 Å². The number of esters is 2. The van der Waals surface area contributed by atoms with Crippen LogP contribution in [0.5, 0.6) is 0 Å². The maximum atomic E-state index is 11.7. The Kier molecular flexibility index (Phi) is 21.1. The van der Waals surface area contributed by atoms with E-state index in [9.17, 15) is 9.59 Å². The van der Waals surface area contributed by atoms with Crippen LogP contribution in [0.1, 0.15) is 68.7 Å². The van der Waals surface area contributed by atoms with Gasteiger partial charge in [-0.2, -0.15) is 0 Å². The summed E-state index contributed by atoms with van der Waals surface area (Å²) in [6.07, 6.45) is 0.597. The van der Waals surface area contributed by atoms with Crippen molar-refractivity contribution in [2.75, 3.05) is 45.9 Å². The Bertz CT molecular complexity index is 623. The molecule has 0 amide bonds. The predicted molar refractivity (Wildman–Crippen MR) is 142 cm³/mol. The molecule has 0 aromatic rings. The van der Waals surface area contributed by atoms with Gasteiger partial charge in [-0.3, -0.25) is 0 Å². The second-order valence-corrected chi connectivity index (χ2v) is 12.6. The van der Waals surface area contributed by atoms with Crippen LogP contribution < -0.4 is 0 Å². The monoisotopic (exact) mass is 552 g/mol. The van der Waals surface area contributed by atoms with Crippen molar-refractivity contribution in [1.82, 2.24) is 0 Å². The molecular formula is C24H48O10Si2. The second-order valence-electron chi connectivity index (χ2n) is 7.32. The molecule has 0 saturated heterocycles. The van der Waals surface area contributed by atoms with Crippen LogP contribution in [-0.4, -0.2) is 81.1 Å². The minimum atomic E-state index is -3.02. The van der Waals surface area contributed by atoms with E-state index in [0.717, 1.165) is 0 Å². The van der Waals surface area contributed by atoms with E-state index in [1.54, 1.807) is 13.8 Å². The Balaban J connectivity index is 0. The first-order valence-corrected chi connectivity index (χ1v) is 16.2. The summed E-state index contributed by atoms with van der Waals surface area (Å²) in [7, 11) is -5.91. The van der Waals surface area contributed by atoms with Crippen LogP contribution in [0, 0.1) is 0 Å². The van der Waals surface area contributed by atoms with E-state index in [0.29, 0.717) is 57.2 Å². The summed E-state index contributed by atoms with van der Waals surface area (Å²) in [6, 6.07) is 0. The standard InChI is InChI=1S/C13H26O5Si.C11H22O5Si/c1-7-12(18-13(14)11(5)6)19(15-8-2,16-9-3)17-10-4;1-6-14-17(15-7-2,16-8-3)9-13-11(12)10(4)5/h12H,5,7-10H2,1-4,6H3;4,6-9H2,1-3,5H3. The topological polar surface area (TPSA) is 108 Å². The van der Waals surface area contributed by atoms with Gasteiger partial charge in [-0.15, -0.1) is 0 Å². The van der Waals surface area contributed by atoms with Gasteiger partial charge in [-0.1, -0.05) is 20.1 Å². The molecule has 0 fully saturated rings. The maximum Gasteiger partial charge on any atom is 0.544 e. The van der Waals surface area contributed by atoms with Crippen molar-refractivity contribution in [3.8, 4) is 0 Å². The Morgan fingerprint density at radius 3 is 1.28 bits per heavy atom. The van der Waals surface area contributed by atoms with Crippen LogP contribution in [0.25, 0.3) is 0 Å². The summed E-state index contributed by atoms with van der Waals surface area (Å²) in [4.78, 5) is 23.0. The normalized spacial score (nSPS) is 12.2. The number of ether oxygens (including phenoxy) is 2. The van der Waals surface area contributed by atoms with Crippen LogP contribution >= 0.6 is 0 Å². The molecule has 0 spiro atoms. The minimum absolute atomic E-state index is 0.0220. The van der Waals surface area contributed by atoms with Gasteiger partial charge >= 0.3 is 29.5 Å². The SMILES string of the molecule is C=C(C)C(=O)OC(CC)[Si](OCC)(OCC)OCC.C=C(C)C(=O)OC[Si](OCC)(OCC)OCC. The molecule has 12 heteroatoms. The highest BCUT2D eigenvalue weighted by molar-refractivity contribution is 6.62. The minimum Gasteiger partial charge on any atom is -0.458 e. The quantitative estimate of drug-likeness (QED) is 0.132. The summed E-state index contributed by atoms with van der Waals surface area (Å²) < 4.78 is 44.3. The predicted octanol–water partition coefficient (Wildman–Crippen LogP) is 4.17. The molecule has 0 radical (unpaired) electrons. The van der Waals surface area contributed by atoms with Gasteiger partial charge in [0.05, 0.1) is 0 Å². The highest BCUT2D eigenvalue weighted by Crippen LogP contribution is 2.21. The van der Waals surface area contributed by atoms with Crippen LogP contribution in [0.2, 0.25) is 0 Å². The summed E-state index contributed by atoms with van der Waals surface area (Å²) in [6.45, 7) is 26.1. The molecule has 0 aliphatic carbocycles. The fourth-order valence-electron chi connectivity index (χ4n) is 2.83. The van der Waals surface area contributed by atoms with Gasteiger partial charge in [-0.25, -0.2) is 9.59 Å². The van der Waals surface area contributed by atoms with E-state index in [4.69, 9.17) is 36.0 Å². The molecular weight excluding hydrogens is 504 g/mol. The first-order valence-electron chi connectivity index (χ1n) is 12.5. The van der Waals surface area contributed by atoms with Gasteiger partial charge in [0.25, 0.3) is 0 Å². The molecule has 0 rings (SSSR count). The van der Waals surface area contributed by atoms with Crippen molar-refractivity contribution < 1.29 is 45.6 Å². The van der Waals surface area contributed by atoms with Crippen molar-refractivity contribution >= 4 is 29.5 Å². The van der Waals surface area contributed by atoms with Gasteiger partial charge in [0.1, 0.15) is 0 Å². The number of rotatable bonds is 19. The van der Waals surface area contributed by atoms with Gasteiger partial charge < -0.3 is 36.0 Å². The third-order valence-corrected chi connectivity index (χ3v) is 10.3. The highest BCUT2D eigenvalue weighted by atomic mass is 28.4. The molecule has 0 aliphatic rings.